The summed E-state index contributed by atoms with van der Waals surface area (Å²) in [5, 5.41) is 2.88. The van der Waals surface area contributed by atoms with Crippen molar-refractivity contribution in [1.82, 2.24) is 9.78 Å². The molecule has 0 amide bonds. The summed E-state index contributed by atoms with van der Waals surface area (Å²) in [7, 11) is 0. The molecule has 0 atom stereocenters. The number of nitrogens with one attached hydrogen (secondary N) is 1. The highest BCUT2D eigenvalue weighted by Crippen LogP contribution is 2.30. The second-order valence-corrected chi connectivity index (χ2v) is 4.08. The van der Waals surface area contributed by atoms with Crippen LogP contribution < -0.4 is 0 Å². The molecule has 0 aliphatic rings. The van der Waals surface area contributed by atoms with Crippen LogP contribution in [0.4, 0.5) is 13.2 Å². The van der Waals surface area contributed by atoms with Crippen LogP contribution in [-0.2, 0) is 6.18 Å². The van der Waals surface area contributed by atoms with E-state index < -0.39 is 11.7 Å². The third-order valence-electron chi connectivity index (χ3n) is 2.28. The maximum Gasteiger partial charge on any atom is 0.416 e. The van der Waals surface area contributed by atoms with Crippen LogP contribution in [0, 0.1) is 11.6 Å². The first-order valence-electron chi connectivity index (χ1n) is 4.84. The summed E-state index contributed by atoms with van der Waals surface area (Å²) in [5.74, 6) is 0. The number of H-pyrrole nitrogens is 1. The Morgan fingerprint density at radius 1 is 1.24 bits per heavy atom. The van der Waals surface area contributed by atoms with Gasteiger partial charge in [-0.2, -0.15) is 13.2 Å². The van der Waals surface area contributed by atoms with Gasteiger partial charge in [0.25, 0.3) is 0 Å². The van der Waals surface area contributed by atoms with E-state index in [4.69, 9.17) is 12.2 Å². The van der Waals surface area contributed by atoms with Gasteiger partial charge in [0.05, 0.1) is 11.3 Å². The molecule has 0 unspecified atom stereocenters. The predicted octanol–water partition coefficient (Wildman–Crippen LogP) is 3.86. The molecule has 6 heteroatoms. The first-order chi connectivity index (χ1) is 7.88. The van der Waals surface area contributed by atoms with Crippen molar-refractivity contribution in [2.24, 2.45) is 0 Å². The van der Waals surface area contributed by atoms with Crippen molar-refractivity contribution in [3.05, 3.63) is 46.2 Å². The largest absolute Gasteiger partial charge is 0.416 e. The Morgan fingerprint density at radius 3 is 2.47 bits per heavy atom. The molecule has 1 aromatic carbocycles. The Kier molecular flexibility index (Phi) is 2.82. The molecule has 0 spiro atoms. The summed E-state index contributed by atoms with van der Waals surface area (Å²) in [6, 6.07) is 6.71. The molecule has 1 N–H and O–H groups in total. The summed E-state index contributed by atoms with van der Waals surface area (Å²) >= 11 is 5.04. The van der Waals surface area contributed by atoms with Crippen LogP contribution in [0.5, 0.6) is 0 Å². The van der Waals surface area contributed by atoms with Crippen LogP contribution in [0.15, 0.2) is 30.3 Å². The van der Waals surface area contributed by atoms with Crippen molar-refractivity contribution in [1.29, 1.82) is 0 Å². The molecule has 0 saturated carbocycles. The molecule has 17 heavy (non-hydrogen) atoms. The van der Waals surface area contributed by atoms with Crippen molar-refractivity contribution < 1.29 is 13.2 Å². The summed E-state index contributed by atoms with van der Waals surface area (Å²) < 4.78 is 39.5. The molecule has 1 heterocycles. The van der Waals surface area contributed by atoms with Gasteiger partial charge in [-0.25, -0.2) is 4.68 Å². The lowest BCUT2D eigenvalue weighted by Crippen LogP contribution is -2.06. The quantitative estimate of drug-likeness (QED) is 0.770. The van der Waals surface area contributed by atoms with Gasteiger partial charge in [-0.15, -0.1) is 0 Å². The number of hydrogen-bond acceptors (Lipinski definition) is 1. The van der Waals surface area contributed by atoms with E-state index in [1.54, 1.807) is 19.1 Å². The fourth-order valence-electron chi connectivity index (χ4n) is 1.53. The number of aryl methyl sites for hydroxylation is 1. The van der Waals surface area contributed by atoms with Crippen LogP contribution >= 0.6 is 12.2 Å². The van der Waals surface area contributed by atoms with Crippen molar-refractivity contribution >= 4 is 12.2 Å². The van der Waals surface area contributed by atoms with E-state index >= 15 is 0 Å². The number of nitrogens with zero attached hydrogens (tertiary/aromatic N) is 1. The predicted molar refractivity (Wildman–Crippen MR) is 60.7 cm³/mol. The van der Waals surface area contributed by atoms with E-state index in [1.807, 2.05) is 0 Å². The molecule has 1 aromatic heterocycles. The van der Waals surface area contributed by atoms with Crippen molar-refractivity contribution in [2.75, 3.05) is 0 Å². The van der Waals surface area contributed by atoms with Gasteiger partial charge < -0.3 is 0 Å². The second kappa shape index (κ2) is 4.03. The molecule has 0 radical (unpaired) electrons. The van der Waals surface area contributed by atoms with Crippen molar-refractivity contribution in [3.63, 3.8) is 0 Å². The molecular formula is C11H9F3N2S. The first-order valence-corrected chi connectivity index (χ1v) is 5.25. The minimum atomic E-state index is -4.35. The van der Waals surface area contributed by atoms with Crippen LogP contribution in [-0.4, -0.2) is 9.78 Å². The van der Waals surface area contributed by atoms with Crippen molar-refractivity contribution in [2.45, 2.75) is 13.1 Å². The summed E-state index contributed by atoms with van der Waals surface area (Å²) in [4.78, 5) is 0. The smallest absolute Gasteiger partial charge is 0.297 e. The highest BCUT2D eigenvalue weighted by atomic mass is 32.1. The summed E-state index contributed by atoms with van der Waals surface area (Å²) in [6.07, 6.45) is -4.35. The molecular weight excluding hydrogens is 249 g/mol. The Bertz CT molecular complexity index is 595. The van der Waals surface area contributed by atoms with Gasteiger partial charge in [0.15, 0.2) is 0 Å². The van der Waals surface area contributed by atoms with Gasteiger partial charge >= 0.3 is 6.18 Å². The highest BCUT2D eigenvalue weighted by molar-refractivity contribution is 7.71. The molecule has 2 rings (SSSR count). The lowest BCUT2D eigenvalue weighted by atomic mass is 10.2. The van der Waals surface area contributed by atoms with E-state index in [0.29, 0.717) is 10.3 Å². The van der Waals surface area contributed by atoms with Gasteiger partial charge in [0, 0.05) is 5.69 Å². The standard InChI is InChI=1S/C11H9F3N2S/c1-7-5-10(17)16(15-7)9-4-2-3-8(6-9)11(12,13)14/h2-6,15H,1H3. The molecule has 2 nitrogen and oxygen atoms in total. The normalized spacial score (nSPS) is 11.8. The Morgan fingerprint density at radius 2 is 1.94 bits per heavy atom. The minimum absolute atomic E-state index is 0.373. The average molecular weight is 258 g/mol. The average Bonchev–Trinajstić information content (AvgIpc) is 2.57. The van der Waals surface area contributed by atoms with Gasteiger partial charge in [0.2, 0.25) is 0 Å². The molecule has 90 valence electrons. The summed E-state index contributed by atoms with van der Waals surface area (Å²) in [5.41, 5.74) is 0.481. The number of benzene rings is 1. The molecule has 0 aliphatic heterocycles. The van der Waals surface area contributed by atoms with Crippen molar-refractivity contribution in [3.8, 4) is 5.69 Å². The Hall–Kier alpha value is -1.56. The monoisotopic (exact) mass is 258 g/mol. The maximum absolute atomic E-state index is 12.5. The third kappa shape index (κ3) is 2.41. The number of alkyl halides is 3. The SMILES string of the molecule is Cc1cc(=S)n(-c2cccc(C(F)(F)F)c2)[nH]1. The molecule has 0 aliphatic carbocycles. The van der Waals surface area contributed by atoms with E-state index in [9.17, 15) is 13.2 Å². The first kappa shape index (κ1) is 11.9. The molecule has 2 aromatic rings. The van der Waals surface area contributed by atoms with E-state index in [0.717, 1.165) is 17.8 Å². The number of aromatic nitrogens is 2. The lowest BCUT2D eigenvalue weighted by Gasteiger charge is -2.09. The van der Waals surface area contributed by atoms with Gasteiger partial charge in [0.1, 0.15) is 4.64 Å². The molecule has 0 fully saturated rings. The maximum atomic E-state index is 12.5. The van der Waals surface area contributed by atoms with E-state index in [-0.39, 0.29) is 0 Å². The summed E-state index contributed by atoms with van der Waals surface area (Å²) in [6.45, 7) is 1.79. The Balaban J connectivity index is 2.54. The molecule has 0 saturated heterocycles. The van der Waals surface area contributed by atoms with E-state index in [1.165, 1.54) is 10.7 Å². The lowest BCUT2D eigenvalue weighted by molar-refractivity contribution is -0.137. The van der Waals surface area contributed by atoms with Gasteiger partial charge in [-0.1, -0.05) is 18.3 Å². The van der Waals surface area contributed by atoms with Gasteiger partial charge in [-0.3, -0.25) is 5.10 Å². The molecule has 0 bridgehead atoms. The zero-order valence-electron chi connectivity index (χ0n) is 8.88. The van der Waals surface area contributed by atoms with E-state index in [2.05, 4.69) is 5.10 Å². The zero-order chi connectivity index (χ0) is 12.6. The number of aromatic amines is 1. The zero-order valence-corrected chi connectivity index (χ0v) is 9.69. The highest BCUT2D eigenvalue weighted by Gasteiger charge is 2.30. The number of rotatable bonds is 1. The number of hydrogen-bond donors (Lipinski definition) is 1. The topological polar surface area (TPSA) is 20.7 Å². The fraction of sp³-hybridized carbons (Fsp3) is 0.182. The second-order valence-electron chi connectivity index (χ2n) is 3.66. The third-order valence-corrected chi connectivity index (χ3v) is 2.58. The van der Waals surface area contributed by atoms with Crippen LogP contribution in [0.3, 0.4) is 0 Å². The fourth-order valence-corrected chi connectivity index (χ4v) is 1.85. The van der Waals surface area contributed by atoms with Gasteiger partial charge in [-0.05, 0) is 31.2 Å². The van der Waals surface area contributed by atoms with Crippen LogP contribution in [0.1, 0.15) is 11.3 Å². The van der Waals surface area contributed by atoms with Crippen LogP contribution in [0.25, 0.3) is 5.69 Å². The van der Waals surface area contributed by atoms with Crippen LogP contribution in [0.2, 0.25) is 0 Å². The Labute approximate surface area is 101 Å². The number of halogens is 3. The minimum Gasteiger partial charge on any atom is -0.297 e.